The van der Waals surface area contributed by atoms with Crippen LogP contribution in [0.5, 0.6) is 0 Å². The van der Waals surface area contributed by atoms with Crippen LogP contribution in [0, 0.1) is 0 Å². The molecule has 0 N–H and O–H groups in total. The van der Waals surface area contributed by atoms with Crippen LogP contribution in [0.1, 0.15) is 48.6 Å². The minimum atomic E-state index is -0.388. The molecule has 280 valence electrons. The van der Waals surface area contributed by atoms with Crippen molar-refractivity contribution in [2.24, 2.45) is 0 Å². The van der Waals surface area contributed by atoms with Crippen molar-refractivity contribution in [3.63, 3.8) is 0 Å². The van der Waals surface area contributed by atoms with Gasteiger partial charge in [0.05, 0.1) is 11.1 Å². The van der Waals surface area contributed by atoms with Gasteiger partial charge in [-0.2, -0.15) is 0 Å². The molecule has 10 aromatic rings. The molecule has 59 heavy (non-hydrogen) atoms. The fourth-order valence-electron chi connectivity index (χ4n) is 10.5. The summed E-state index contributed by atoms with van der Waals surface area (Å²) < 4.78 is 2.62. The van der Waals surface area contributed by atoms with E-state index in [4.69, 9.17) is 0 Å². The lowest BCUT2D eigenvalue weighted by Crippen LogP contribution is -2.25. The molecule has 0 amide bonds. The molecule has 0 fully saturated rings. The number of fused-ring (bicyclic) bond motifs is 14. The Hall–Kier alpha value is -6.74. The van der Waals surface area contributed by atoms with E-state index < -0.39 is 0 Å². The van der Waals surface area contributed by atoms with Crippen molar-refractivity contribution >= 4 is 59.3 Å². The third kappa shape index (κ3) is 4.84. The quantitative estimate of drug-likeness (QED) is 0.172. The molecule has 9 aromatic carbocycles. The van der Waals surface area contributed by atoms with Crippen LogP contribution >= 0.6 is 11.3 Å². The molecule has 0 saturated carbocycles. The summed E-state index contributed by atoms with van der Waals surface area (Å²) >= 11 is 1.88. The SMILES string of the molecule is CC(C)(C)c1ccc(N(c2ccc3c(c2)-c2ccccc2C32c3ccccc3-c3ccccc32)c2ccc3ccccc3c2-c2cccc3sc4ccccc4c23)cc1. The molecule has 1 spiro atoms. The Kier molecular flexibility index (Phi) is 7.34. The van der Waals surface area contributed by atoms with E-state index in [2.05, 4.69) is 220 Å². The summed E-state index contributed by atoms with van der Waals surface area (Å²) in [5.41, 5.74) is 17.6. The summed E-state index contributed by atoms with van der Waals surface area (Å²) in [5.74, 6) is 0. The van der Waals surface area contributed by atoms with E-state index in [1.165, 1.54) is 92.1 Å². The van der Waals surface area contributed by atoms with Crippen LogP contribution in [0.4, 0.5) is 17.1 Å². The van der Waals surface area contributed by atoms with Gasteiger partial charge in [-0.3, -0.25) is 0 Å². The second kappa shape index (κ2) is 12.6. The van der Waals surface area contributed by atoms with E-state index in [1.807, 2.05) is 11.3 Å². The van der Waals surface area contributed by atoms with Crippen molar-refractivity contribution < 1.29 is 0 Å². The zero-order valence-corrected chi connectivity index (χ0v) is 34.1. The molecule has 0 atom stereocenters. The van der Waals surface area contributed by atoms with Crippen molar-refractivity contribution in [2.75, 3.05) is 4.90 Å². The van der Waals surface area contributed by atoms with Gasteiger partial charge < -0.3 is 4.90 Å². The molecule has 1 nitrogen and oxygen atoms in total. The van der Waals surface area contributed by atoms with E-state index >= 15 is 0 Å². The van der Waals surface area contributed by atoms with Crippen molar-refractivity contribution in [1.82, 2.24) is 0 Å². The van der Waals surface area contributed by atoms with E-state index in [0.717, 1.165) is 17.1 Å². The van der Waals surface area contributed by atoms with Crippen molar-refractivity contribution in [1.29, 1.82) is 0 Å². The summed E-state index contributed by atoms with van der Waals surface area (Å²) in [5, 5.41) is 5.10. The minimum Gasteiger partial charge on any atom is -0.310 e. The van der Waals surface area contributed by atoms with Gasteiger partial charge in [-0.25, -0.2) is 0 Å². The van der Waals surface area contributed by atoms with Crippen LogP contribution in [0.25, 0.3) is 64.3 Å². The second-order valence-corrected chi connectivity index (χ2v) is 18.3. The zero-order valence-electron chi connectivity index (χ0n) is 33.3. The van der Waals surface area contributed by atoms with Crippen LogP contribution in [-0.4, -0.2) is 0 Å². The predicted molar refractivity (Wildman–Crippen MR) is 252 cm³/mol. The maximum Gasteiger partial charge on any atom is 0.0725 e. The van der Waals surface area contributed by atoms with Crippen molar-refractivity contribution in [2.45, 2.75) is 31.6 Å². The fourth-order valence-corrected chi connectivity index (χ4v) is 11.6. The lowest BCUT2D eigenvalue weighted by atomic mass is 9.70. The molecule has 12 rings (SSSR count). The lowest BCUT2D eigenvalue weighted by molar-refractivity contribution is 0.590. The van der Waals surface area contributed by atoms with Gasteiger partial charge in [0.2, 0.25) is 0 Å². The number of hydrogen-bond donors (Lipinski definition) is 0. The van der Waals surface area contributed by atoms with Gasteiger partial charge in [0.25, 0.3) is 0 Å². The predicted octanol–water partition coefficient (Wildman–Crippen LogP) is 16.0. The molecule has 2 heteroatoms. The highest BCUT2D eigenvalue weighted by molar-refractivity contribution is 7.25. The molecular formula is C57H41NS. The molecule has 2 aliphatic rings. The van der Waals surface area contributed by atoms with E-state index in [0.29, 0.717) is 0 Å². The first-order valence-electron chi connectivity index (χ1n) is 20.7. The van der Waals surface area contributed by atoms with Crippen LogP contribution < -0.4 is 4.90 Å². The average Bonchev–Trinajstić information content (AvgIpc) is 3.90. The number of benzene rings is 9. The minimum absolute atomic E-state index is 0.0343. The van der Waals surface area contributed by atoms with Gasteiger partial charge in [0.15, 0.2) is 0 Å². The Morgan fingerprint density at radius 3 is 1.66 bits per heavy atom. The summed E-state index contributed by atoms with van der Waals surface area (Å²) in [4.78, 5) is 2.52. The van der Waals surface area contributed by atoms with Gasteiger partial charge in [-0.05, 0) is 114 Å². The number of rotatable bonds is 4. The first-order chi connectivity index (χ1) is 28.9. The molecule has 0 radical (unpaired) electrons. The van der Waals surface area contributed by atoms with Crippen molar-refractivity contribution in [3.05, 3.63) is 222 Å². The topological polar surface area (TPSA) is 3.24 Å². The Morgan fingerprint density at radius 1 is 0.424 bits per heavy atom. The van der Waals surface area contributed by atoms with Crippen LogP contribution in [0.15, 0.2) is 194 Å². The summed E-state index contributed by atoms with van der Waals surface area (Å²) in [6.45, 7) is 6.88. The Balaban J connectivity index is 1.16. The highest BCUT2D eigenvalue weighted by atomic mass is 32.1. The third-order valence-electron chi connectivity index (χ3n) is 13.1. The molecule has 1 heterocycles. The summed E-state index contributed by atoms with van der Waals surface area (Å²) in [6.07, 6.45) is 0. The van der Waals surface area contributed by atoms with E-state index in [-0.39, 0.29) is 10.8 Å². The second-order valence-electron chi connectivity index (χ2n) is 17.2. The first-order valence-corrected chi connectivity index (χ1v) is 21.5. The van der Waals surface area contributed by atoms with Gasteiger partial charge in [0, 0.05) is 37.1 Å². The Morgan fingerprint density at radius 2 is 0.966 bits per heavy atom. The highest BCUT2D eigenvalue weighted by Gasteiger charge is 2.51. The Bertz CT molecular complexity index is 3280. The number of anilines is 3. The molecule has 2 aliphatic carbocycles. The number of hydrogen-bond acceptors (Lipinski definition) is 2. The molecule has 0 bridgehead atoms. The van der Waals surface area contributed by atoms with Gasteiger partial charge in [-0.15, -0.1) is 11.3 Å². The maximum atomic E-state index is 2.52. The maximum absolute atomic E-state index is 2.52. The smallest absolute Gasteiger partial charge is 0.0725 e. The Labute approximate surface area is 349 Å². The van der Waals surface area contributed by atoms with E-state index in [1.54, 1.807) is 0 Å². The normalized spacial score (nSPS) is 13.5. The molecular weight excluding hydrogens is 731 g/mol. The number of nitrogens with zero attached hydrogens (tertiary/aromatic N) is 1. The standard InChI is InChI=1S/C57H41NS/c1-56(2,3)37-28-30-38(31-29-37)58(51-34-27-36-15-4-5-16-40(36)54(51)45-21-14-26-53-55(45)44-20-9-13-25-52(44)59-53)39-32-33-50-46(35-39)43-19-8-12-24-49(43)57(50)47-22-10-6-17-41(47)42-18-7-11-23-48(42)57/h4-35H,1-3H3. The van der Waals surface area contributed by atoms with Crippen LogP contribution in [0.3, 0.4) is 0 Å². The largest absolute Gasteiger partial charge is 0.310 e. The van der Waals surface area contributed by atoms with Crippen LogP contribution in [-0.2, 0) is 10.8 Å². The average molecular weight is 772 g/mol. The zero-order chi connectivity index (χ0) is 39.5. The lowest BCUT2D eigenvalue weighted by Gasteiger charge is -2.32. The summed E-state index contributed by atoms with van der Waals surface area (Å²) in [7, 11) is 0. The first kappa shape index (κ1) is 34.3. The fraction of sp³-hybridized carbons (Fsp3) is 0.0877. The van der Waals surface area contributed by atoms with Gasteiger partial charge >= 0.3 is 0 Å². The van der Waals surface area contributed by atoms with E-state index in [9.17, 15) is 0 Å². The van der Waals surface area contributed by atoms with Crippen molar-refractivity contribution in [3.8, 4) is 33.4 Å². The number of thiophene rings is 1. The molecule has 0 unspecified atom stereocenters. The monoisotopic (exact) mass is 771 g/mol. The molecule has 0 saturated heterocycles. The molecule has 1 aromatic heterocycles. The highest BCUT2D eigenvalue weighted by Crippen LogP contribution is 2.63. The summed E-state index contributed by atoms with van der Waals surface area (Å²) in [6, 6.07) is 73.1. The van der Waals surface area contributed by atoms with Gasteiger partial charge in [-0.1, -0.05) is 172 Å². The van der Waals surface area contributed by atoms with Gasteiger partial charge in [0.1, 0.15) is 0 Å². The third-order valence-corrected chi connectivity index (χ3v) is 14.2. The van der Waals surface area contributed by atoms with Crippen LogP contribution in [0.2, 0.25) is 0 Å². The molecule has 0 aliphatic heterocycles.